The zero-order chi connectivity index (χ0) is 22.9. The van der Waals surface area contributed by atoms with Crippen LogP contribution in [-0.2, 0) is 16.4 Å². The van der Waals surface area contributed by atoms with Crippen molar-refractivity contribution in [2.75, 3.05) is 16.9 Å². The van der Waals surface area contributed by atoms with Gasteiger partial charge in [-0.3, -0.25) is 9.78 Å². The minimum Gasteiger partial charge on any atom is -0.384 e. The standard InChI is InChI=1S/C22H18ClN5O3S/c1-32(30,31)21-19(3-2-8-26-21)28(22(29)16-10-17(23)12-25-11-16)13-14-4-5-15-6-7-20(24)27-18(15)9-14/h2-12H,13H2,1H3,(H2,24,27). The van der Waals surface area contributed by atoms with Gasteiger partial charge in [0.25, 0.3) is 5.91 Å². The molecule has 0 fully saturated rings. The molecule has 0 aliphatic heterocycles. The molecule has 3 heterocycles. The summed E-state index contributed by atoms with van der Waals surface area (Å²) < 4.78 is 24.8. The molecule has 162 valence electrons. The third kappa shape index (κ3) is 4.53. The van der Waals surface area contributed by atoms with Crippen LogP contribution in [0.5, 0.6) is 0 Å². The maximum Gasteiger partial charge on any atom is 0.260 e. The van der Waals surface area contributed by atoms with Crippen molar-refractivity contribution in [3.63, 3.8) is 0 Å². The molecule has 0 saturated carbocycles. The van der Waals surface area contributed by atoms with E-state index in [1.807, 2.05) is 18.2 Å². The summed E-state index contributed by atoms with van der Waals surface area (Å²) in [5.74, 6) is -0.0993. The normalized spacial score (nSPS) is 11.4. The summed E-state index contributed by atoms with van der Waals surface area (Å²) in [6.07, 6.45) is 5.20. The number of halogens is 1. The molecule has 1 aromatic carbocycles. The summed E-state index contributed by atoms with van der Waals surface area (Å²) >= 11 is 6.02. The number of carbonyl (C=O) groups is 1. The van der Waals surface area contributed by atoms with Gasteiger partial charge in [-0.25, -0.2) is 18.4 Å². The number of fused-ring (bicyclic) bond motifs is 1. The van der Waals surface area contributed by atoms with Gasteiger partial charge in [0, 0.05) is 30.2 Å². The lowest BCUT2D eigenvalue weighted by atomic mass is 10.1. The second-order valence-corrected chi connectivity index (χ2v) is 9.51. The van der Waals surface area contributed by atoms with Crippen molar-refractivity contribution in [1.82, 2.24) is 15.0 Å². The number of amides is 1. The molecule has 0 saturated heterocycles. The second-order valence-electron chi connectivity index (χ2n) is 7.15. The largest absolute Gasteiger partial charge is 0.384 e. The minimum absolute atomic E-state index is 0.0615. The van der Waals surface area contributed by atoms with Crippen molar-refractivity contribution in [3.8, 4) is 0 Å². The first-order valence-electron chi connectivity index (χ1n) is 9.45. The number of anilines is 2. The Balaban J connectivity index is 1.84. The number of aromatic nitrogens is 3. The quantitative estimate of drug-likeness (QED) is 0.477. The zero-order valence-corrected chi connectivity index (χ0v) is 18.5. The van der Waals surface area contributed by atoms with Crippen LogP contribution in [0.2, 0.25) is 5.02 Å². The molecule has 0 spiro atoms. The third-order valence-electron chi connectivity index (χ3n) is 4.71. The maximum atomic E-state index is 13.5. The third-order valence-corrected chi connectivity index (χ3v) is 5.93. The average Bonchev–Trinajstić information content (AvgIpc) is 2.76. The van der Waals surface area contributed by atoms with Crippen molar-refractivity contribution in [2.45, 2.75) is 11.6 Å². The molecule has 32 heavy (non-hydrogen) atoms. The van der Waals surface area contributed by atoms with Gasteiger partial charge in [-0.2, -0.15) is 0 Å². The van der Waals surface area contributed by atoms with Crippen molar-refractivity contribution in [3.05, 3.63) is 83.3 Å². The first-order chi connectivity index (χ1) is 15.2. The van der Waals surface area contributed by atoms with Gasteiger partial charge in [0.2, 0.25) is 0 Å². The lowest BCUT2D eigenvalue weighted by Crippen LogP contribution is -2.32. The Morgan fingerprint density at radius 1 is 1.12 bits per heavy atom. The monoisotopic (exact) mass is 467 g/mol. The van der Waals surface area contributed by atoms with E-state index >= 15 is 0 Å². The maximum absolute atomic E-state index is 13.5. The van der Waals surface area contributed by atoms with Gasteiger partial charge >= 0.3 is 0 Å². The summed E-state index contributed by atoms with van der Waals surface area (Å²) in [5.41, 5.74) is 7.55. The lowest BCUT2D eigenvalue weighted by molar-refractivity contribution is 0.0984. The molecule has 4 aromatic rings. The first kappa shape index (κ1) is 21.7. The number of carbonyl (C=O) groups excluding carboxylic acids is 1. The van der Waals surface area contributed by atoms with Crippen LogP contribution in [0.25, 0.3) is 10.9 Å². The highest BCUT2D eigenvalue weighted by Crippen LogP contribution is 2.27. The Hall–Kier alpha value is -3.56. The molecule has 1 amide bonds. The van der Waals surface area contributed by atoms with E-state index in [2.05, 4.69) is 15.0 Å². The highest BCUT2D eigenvalue weighted by Gasteiger charge is 2.26. The van der Waals surface area contributed by atoms with E-state index < -0.39 is 15.7 Å². The number of hydrogen-bond acceptors (Lipinski definition) is 7. The molecule has 4 rings (SSSR count). The second kappa shape index (κ2) is 8.52. The number of sulfone groups is 1. The molecule has 0 atom stereocenters. The lowest BCUT2D eigenvalue weighted by Gasteiger charge is -2.24. The van der Waals surface area contributed by atoms with Crippen LogP contribution in [0.4, 0.5) is 11.5 Å². The van der Waals surface area contributed by atoms with Crippen LogP contribution in [0.1, 0.15) is 15.9 Å². The number of nitrogens with two attached hydrogens (primary N) is 1. The Labute approximate surface area is 189 Å². The summed E-state index contributed by atoms with van der Waals surface area (Å²) in [7, 11) is -3.71. The fraction of sp³-hybridized carbons (Fsp3) is 0.0909. The Morgan fingerprint density at radius 2 is 1.91 bits per heavy atom. The minimum atomic E-state index is -3.71. The van der Waals surface area contributed by atoms with Gasteiger partial charge in [-0.05, 0) is 42.0 Å². The van der Waals surface area contributed by atoms with Gasteiger partial charge in [-0.15, -0.1) is 0 Å². The number of hydrogen-bond donors (Lipinski definition) is 1. The van der Waals surface area contributed by atoms with Gasteiger partial charge in [-0.1, -0.05) is 23.7 Å². The van der Waals surface area contributed by atoms with Crippen LogP contribution in [0.15, 0.2) is 72.1 Å². The highest BCUT2D eigenvalue weighted by atomic mass is 35.5. The average molecular weight is 468 g/mol. The number of pyridine rings is 3. The van der Waals surface area contributed by atoms with Crippen molar-refractivity contribution in [2.24, 2.45) is 0 Å². The van der Waals surface area contributed by atoms with Gasteiger partial charge in [0.15, 0.2) is 14.9 Å². The molecule has 0 unspecified atom stereocenters. The van der Waals surface area contributed by atoms with Gasteiger partial charge in [0.1, 0.15) is 5.82 Å². The molecule has 0 aliphatic rings. The van der Waals surface area contributed by atoms with Crippen LogP contribution < -0.4 is 10.6 Å². The van der Waals surface area contributed by atoms with Crippen LogP contribution in [0.3, 0.4) is 0 Å². The van der Waals surface area contributed by atoms with E-state index in [-0.39, 0.29) is 27.8 Å². The Kier molecular flexibility index (Phi) is 5.77. The molecule has 10 heteroatoms. The fourth-order valence-corrected chi connectivity index (χ4v) is 4.27. The number of nitrogens with zero attached hydrogens (tertiary/aromatic N) is 4. The first-order valence-corrected chi connectivity index (χ1v) is 11.7. The van der Waals surface area contributed by atoms with E-state index in [9.17, 15) is 13.2 Å². The van der Waals surface area contributed by atoms with Crippen molar-refractivity contribution >= 4 is 49.8 Å². The summed E-state index contributed by atoms with van der Waals surface area (Å²) in [6.45, 7) is 0.0615. The molecule has 3 aromatic heterocycles. The molecule has 0 radical (unpaired) electrons. The fourth-order valence-electron chi connectivity index (χ4n) is 3.28. The van der Waals surface area contributed by atoms with E-state index in [4.69, 9.17) is 17.3 Å². The van der Waals surface area contributed by atoms with Gasteiger partial charge in [0.05, 0.1) is 28.3 Å². The predicted molar refractivity (Wildman–Crippen MR) is 123 cm³/mol. The molecular formula is C22H18ClN5O3S. The SMILES string of the molecule is CS(=O)(=O)c1ncccc1N(Cc1ccc2ccc(N)nc2c1)C(=O)c1cncc(Cl)c1. The van der Waals surface area contributed by atoms with E-state index in [1.54, 1.807) is 18.2 Å². The van der Waals surface area contributed by atoms with E-state index in [0.29, 0.717) is 11.3 Å². The molecule has 0 aliphatic carbocycles. The van der Waals surface area contributed by atoms with Crippen LogP contribution in [0, 0.1) is 0 Å². The van der Waals surface area contributed by atoms with Crippen LogP contribution in [-0.4, -0.2) is 35.5 Å². The van der Waals surface area contributed by atoms with Crippen molar-refractivity contribution < 1.29 is 13.2 Å². The summed E-state index contributed by atoms with van der Waals surface area (Å²) in [5, 5.41) is 0.972. The molecule has 2 N–H and O–H groups in total. The smallest absolute Gasteiger partial charge is 0.260 e. The van der Waals surface area contributed by atoms with Crippen molar-refractivity contribution in [1.29, 1.82) is 0 Å². The van der Waals surface area contributed by atoms with E-state index in [1.165, 1.54) is 35.6 Å². The molecule has 0 bridgehead atoms. The predicted octanol–water partition coefficient (Wildman–Crippen LogP) is 3.51. The summed E-state index contributed by atoms with van der Waals surface area (Å²) in [6, 6.07) is 13.7. The Morgan fingerprint density at radius 3 is 2.66 bits per heavy atom. The Bertz CT molecular complexity index is 1440. The highest BCUT2D eigenvalue weighted by molar-refractivity contribution is 7.90. The zero-order valence-electron chi connectivity index (χ0n) is 16.9. The topological polar surface area (TPSA) is 119 Å². The van der Waals surface area contributed by atoms with Crippen LogP contribution >= 0.6 is 11.6 Å². The number of rotatable bonds is 5. The summed E-state index contributed by atoms with van der Waals surface area (Å²) in [4.78, 5) is 27.1. The number of benzene rings is 1. The van der Waals surface area contributed by atoms with E-state index in [0.717, 1.165) is 17.2 Å². The molecular weight excluding hydrogens is 450 g/mol. The number of nitrogen functional groups attached to an aromatic ring is 1. The molecule has 8 nitrogen and oxygen atoms in total. The van der Waals surface area contributed by atoms with Gasteiger partial charge < -0.3 is 10.6 Å².